The van der Waals surface area contributed by atoms with Crippen LogP contribution in [0.25, 0.3) is 0 Å². The van der Waals surface area contributed by atoms with Crippen molar-refractivity contribution in [1.29, 1.82) is 0 Å². The van der Waals surface area contributed by atoms with Crippen LogP contribution in [-0.4, -0.2) is 4.98 Å². The highest BCUT2D eigenvalue weighted by Crippen LogP contribution is 2.24. The van der Waals surface area contributed by atoms with E-state index in [4.69, 9.17) is 11.6 Å². The number of hydrogen-bond donors (Lipinski definition) is 0. The van der Waals surface area contributed by atoms with Crippen LogP contribution in [0.3, 0.4) is 0 Å². The summed E-state index contributed by atoms with van der Waals surface area (Å²) in [5.74, 6) is 0.282. The standard InChI is InChI=1S/C13H12ClN/c1-10(13-7-2-3-8-15-13)11-5-4-6-12(14)9-11/h2-10H,1H3. The summed E-state index contributed by atoms with van der Waals surface area (Å²) < 4.78 is 0. The topological polar surface area (TPSA) is 12.9 Å². The van der Waals surface area contributed by atoms with Gasteiger partial charge in [0.2, 0.25) is 0 Å². The van der Waals surface area contributed by atoms with Crippen LogP contribution >= 0.6 is 11.6 Å². The highest BCUT2D eigenvalue weighted by Gasteiger charge is 2.08. The van der Waals surface area contributed by atoms with Crippen molar-refractivity contribution in [3.05, 3.63) is 64.9 Å². The molecule has 0 aliphatic carbocycles. The lowest BCUT2D eigenvalue weighted by molar-refractivity contribution is 0.871. The number of aromatic nitrogens is 1. The summed E-state index contributed by atoms with van der Waals surface area (Å²) in [6.45, 7) is 2.13. The SMILES string of the molecule is CC(c1cccc(Cl)c1)c1ccccn1. The molecule has 2 aromatic rings. The first-order chi connectivity index (χ1) is 7.27. The normalized spacial score (nSPS) is 12.4. The Morgan fingerprint density at radius 1 is 1.13 bits per heavy atom. The minimum atomic E-state index is 0.282. The summed E-state index contributed by atoms with van der Waals surface area (Å²) in [6.07, 6.45) is 1.82. The molecule has 0 amide bonds. The molecule has 0 spiro atoms. The second-order valence-corrected chi connectivity index (χ2v) is 3.97. The third-order valence-corrected chi connectivity index (χ3v) is 2.72. The lowest BCUT2D eigenvalue weighted by Crippen LogP contribution is -1.97. The number of benzene rings is 1. The maximum atomic E-state index is 5.96. The summed E-state index contributed by atoms with van der Waals surface area (Å²) in [6, 6.07) is 13.9. The van der Waals surface area contributed by atoms with E-state index in [9.17, 15) is 0 Å². The van der Waals surface area contributed by atoms with E-state index in [0.717, 1.165) is 10.7 Å². The van der Waals surface area contributed by atoms with Crippen LogP contribution in [0.15, 0.2) is 48.7 Å². The maximum Gasteiger partial charge on any atom is 0.0475 e. The molecular weight excluding hydrogens is 206 g/mol. The van der Waals surface area contributed by atoms with Gasteiger partial charge in [-0.05, 0) is 29.8 Å². The number of rotatable bonds is 2. The van der Waals surface area contributed by atoms with Crippen molar-refractivity contribution < 1.29 is 0 Å². The summed E-state index contributed by atoms with van der Waals surface area (Å²) in [7, 11) is 0. The van der Waals surface area contributed by atoms with Crippen LogP contribution in [0.5, 0.6) is 0 Å². The average Bonchev–Trinajstić information content (AvgIpc) is 2.29. The van der Waals surface area contributed by atoms with Gasteiger partial charge in [0.05, 0.1) is 0 Å². The van der Waals surface area contributed by atoms with Crippen molar-refractivity contribution in [3.63, 3.8) is 0 Å². The van der Waals surface area contributed by atoms with Crippen LogP contribution in [0, 0.1) is 0 Å². The van der Waals surface area contributed by atoms with Gasteiger partial charge in [-0.15, -0.1) is 0 Å². The van der Waals surface area contributed by atoms with Gasteiger partial charge in [0.15, 0.2) is 0 Å². The molecule has 1 nitrogen and oxygen atoms in total. The third kappa shape index (κ3) is 2.37. The largest absolute Gasteiger partial charge is 0.261 e. The van der Waals surface area contributed by atoms with Gasteiger partial charge in [-0.3, -0.25) is 4.98 Å². The van der Waals surface area contributed by atoms with Crippen molar-refractivity contribution in [3.8, 4) is 0 Å². The Labute approximate surface area is 94.7 Å². The molecule has 1 aromatic carbocycles. The zero-order chi connectivity index (χ0) is 10.7. The molecule has 15 heavy (non-hydrogen) atoms. The van der Waals surface area contributed by atoms with E-state index in [1.807, 2.05) is 42.6 Å². The van der Waals surface area contributed by atoms with E-state index < -0.39 is 0 Å². The molecule has 1 aromatic heterocycles. The van der Waals surface area contributed by atoms with Gasteiger partial charge in [-0.2, -0.15) is 0 Å². The van der Waals surface area contributed by atoms with Crippen LogP contribution in [0.4, 0.5) is 0 Å². The van der Waals surface area contributed by atoms with Gasteiger partial charge in [0.25, 0.3) is 0 Å². The fourth-order valence-corrected chi connectivity index (χ4v) is 1.78. The molecule has 1 atom stereocenters. The van der Waals surface area contributed by atoms with Crippen LogP contribution in [-0.2, 0) is 0 Å². The first-order valence-corrected chi connectivity index (χ1v) is 5.31. The van der Waals surface area contributed by atoms with Gasteiger partial charge in [0, 0.05) is 22.8 Å². The molecule has 0 N–H and O–H groups in total. The molecule has 0 fully saturated rings. The maximum absolute atomic E-state index is 5.96. The predicted molar refractivity (Wildman–Crippen MR) is 63.2 cm³/mol. The Balaban J connectivity index is 2.32. The van der Waals surface area contributed by atoms with Crippen LogP contribution in [0.1, 0.15) is 24.1 Å². The molecule has 1 unspecified atom stereocenters. The van der Waals surface area contributed by atoms with E-state index in [0.29, 0.717) is 0 Å². The van der Waals surface area contributed by atoms with Crippen LogP contribution < -0.4 is 0 Å². The second-order valence-electron chi connectivity index (χ2n) is 3.53. The molecule has 0 saturated heterocycles. The van der Waals surface area contributed by atoms with Gasteiger partial charge in [-0.1, -0.05) is 36.7 Å². The molecular formula is C13H12ClN. The molecule has 0 aliphatic heterocycles. The number of nitrogens with zero attached hydrogens (tertiary/aromatic N) is 1. The van der Waals surface area contributed by atoms with E-state index in [2.05, 4.69) is 18.0 Å². The Hall–Kier alpha value is -1.34. The highest BCUT2D eigenvalue weighted by molar-refractivity contribution is 6.30. The number of halogens is 1. The van der Waals surface area contributed by atoms with Crippen LogP contribution in [0.2, 0.25) is 5.02 Å². The second kappa shape index (κ2) is 4.45. The van der Waals surface area contributed by atoms with Gasteiger partial charge in [0.1, 0.15) is 0 Å². The Morgan fingerprint density at radius 2 is 2.00 bits per heavy atom. The van der Waals surface area contributed by atoms with Crippen molar-refractivity contribution >= 4 is 11.6 Å². The Kier molecular flexibility index (Phi) is 3.02. The van der Waals surface area contributed by atoms with Crippen molar-refractivity contribution in [2.75, 3.05) is 0 Å². The zero-order valence-electron chi connectivity index (χ0n) is 8.52. The fraction of sp³-hybridized carbons (Fsp3) is 0.154. The molecule has 76 valence electrons. The minimum Gasteiger partial charge on any atom is -0.261 e. The Bertz CT molecular complexity index is 439. The molecule has 0 radical (unpaired) electrons. The lowest BCUT2D eigenvalue weighted by Gasteiger charge is -2.11. The molecule has 0 bridgehead atoms. The van der Waals surface area contributed by atoms with E-state index in [1.165, 1.54) is 5.56 Å². The van der Waals surface area contributed by atoms with E-state index in [1.54, 1.807) is 0 Å². The highest BCUT2D eigenvalue weighted by atomic mass is 35.5. The first-order valence-electron chi connectivity index (χ1n) is 4.94. The zero-order valence-corrected chi connectivity index (χ0v) is 9.28. The summed E-state index contributed by atoms with van der Waals surface area (Å²) in [4.78, 5) is 4.34. The van der Waals surface area contributed by atoms with Gasteiger partial charge in [-0.25, -0.2) is 0 Å². The lowest BCUT2D eigenvalue weighted by atomic mass is 9.97. The number of pyridine rings is 1. The summed E-state index contributed by atoms with van der Waals surface area (Å²) >= 11 is 5.96. The van der Waals surface area contributed by atoms with Crippen molar-refractivity contribution in [2.45, 2.75) is 12.8 Å². The molecule has 2 heteroatoms. The van der Waals surface area contributed by atoms with Gasteiger partial charge < -0.3 is 0 Å². The Morgan fingerprint density at radius 3 is 2.67 bits per heavy atom. The predicted octanol–water partition coefficient (Wildman–Crippen LogP) is 3.89. The summed E-state index contributed by atoms with van der Waals surface area (Å²) in [5, 5.41) is 0.773. The quantitative estimate of drug-likeness (QED) is 0.744. The third-order valence-electron chi connectivity index (χ3n) is 2.48. The van der Waals surface area contributed by atoms with E-state index >= 15 is 0 Å². The number of hydrogen-bond acceptors (Lipinski definition) is 1. The molecule has 0 aliphatic rings. The first kappa shape index (κ1) is 10.2. The van der Waals surface area contributed by atoms with Gasteiger partial charge >= 0.3 is 0 Å². The fourth-order valence-electron chi connectivity index (χ4n) is 1.58. The molecule has 0 saturated carbocycles. The summed E-state index contributed by atoms with van der Waals surface area (Å²) in [5.41, 5.74) is 2.26. The van der Waals surface area contributed by atoms with Crippen molar-refractivity contribution in [2.24, 2.45) is 0 Å². The van der Waals surface area contributed by atoms with E-state index in [-0.39, 0.29) is 5.92 Å². The molecule has 1 heterocycles. The molecule has 2 rings (SSSR count). The average molecular weight is 218 g/mol. The smallest absolute Gasteiger partial charge is 0.0475 e. The van der Waals surface area contributed by atoms with Crippen molar-refractivity contribution in [1.82, 2.24) is 4.98 Å². The monoisotopic (exact) mass is 217 g/mol. The minimum absolute atomic E-state index is 0.282.